The van der Waals surface area contributed by atoms with E-state index in [4.69, 9.17) is 0 Å². The predicted octanol–water partition coefficient (Wildman–Crippen LogP) is 1.86. The third kappa shape index (κ3) is 3.24. The fourth-order valence-electron chi connectivity index (χ4n) is 2.96. The van der Waals surface area contributed by atoms with Crippen molar-refractivity contribution in [3.63, 3.8) is 0 Å². The van der Waals surface area contributed by atoms with Gasteiger partial charge in [-0.3, -0.25) is 4.57 Å². The number of hydrogen-bond donors (Lipinski definition) is 1. The van der Waals surface area contributed by atoms with Gasteiger partial charge in [0.05, 0.1) is 12.6 Å². The molecule has 1 aromatic carbocycles. The smallest absolute Gasteiger partial charge is 0.309 e. The van der Waals surface area contributed by atoms with Gasteiger partial charge in [-0.05, 0) is 44.0 Å². The Morgan fingerprint density at radius 3 is 2.33 bits per heavy atom. The summed E-state index contributed by atoms with van der Waals surface area (Å²) in [5, 5.41) is 7.64. The summed E-state index contributed by atoms with van der Waals surface area (Å²) in [4.78, 5) is 12.0. The van der Waals surface area contributed by atoms with Gasteiger partial charge in [0.1, 0.15) is 6.33 Å². The van der Waals surface area contributed by atoms with Crippen LogP contribution in [0.15, 0.2) is 23.3 Å². The molecule has 2 rings (SSSR count). The largest absolute Gasteiger partial charge is 0.345 e. The monoisotopic (exact) mass is 288 g/mol. The van der Waals surface area contributed by atoms with E-state index in [1.54, 1.807) is 13.4 Å². The molecule has 1 unspecified atom stereocenters. The lowest BCUT2D eigenvalue weighted by molar-refractivity contribution is 0.434. The fourth-order valence-corrected chi connectivity index (χ4v) is 2.96. The van der Waals surface area contributed by atoms with Crippen molar-refractivity contribution in [2.45, 2.75) is 40.3 Å². The van der Waals surface area contributed by atoms with Gasteiger partial charge >= 0.3 is 5.69 Å². The van der Waals surface area contributed by atoms with Gasteiger partial charge in [-0.25, -0.2) is 9.48 Å². The first-order valence-corrected chi connectivity index (χ1v) is 7.33. The molecule has 1 N–H and O–H groups in total. The molecule has 0 radical (unpaired) electrons. The van der Waals surface area contributed by atoms with E-state index in [2.05, 4.69) is 50.2 Å². The quantitative estimate of drug-likeness (QED) is 0.913. The molecule has 0 saturated carbocycles. The molecule has 5 nitrogen and oxygen atoms in total. The van der Waals surface area contributed by atoms with Crippen LogP contribution in [0.5, 0.6) is 0 Å². The van der Waals surface area contributed by atoms with Crippen LogP contribution >= 0.6 is 0 Å². The average molecular weight is 288 g/mol. The molecule has 0 aliphatic carbocycles. The number of rotatable bonds is 5. The van der Waals surface area contributed by atoms with Crippen LogP contribution < -0.4 is 11.0 Å². The van der Waals surface area contributed by atoms with Crippen LogP contribution in [0.1, 0.15) is 35.2 Å². The lowest BCUT2D eigenvalue weighted by atomic mass is 9.94. The molecule has 0 aliphatic rings. The summed E-state index contributed by atoms with van der Waals surface area (Å²) < 4.78 is 3.02. The van der Waals surface area contributed by atoms with Crippen molar-refractivity contribution in [2.24, 2.45) is 7.05 Å². The highest BCUT2D eigenvalue weighted by molar-refractivity contribution is 5.39. The predicted molar refractivity (Wildman–Crippen MR) is 84.5 cm³/mol. The first-order valence-electron chi connectivity index (χ1n) is 7.33. The first-order chi connectivity index (χ1) is 9.93. The summed E-state index contributed by atoms with van der Waals surface area (Å²) in [6.45, 7) is 9.82. The summed E-state index contributed by atoms with van der Waals surface area (Å²) >= 11 is 0. The van der Waals surface area contributed by atoms with Crippen molar-refractivity contribution in [3.8, 4) is 0 Å². The summed E-state index contributed by atoms with van der Waals surface area (Å²) in [5.41, 5.74) is 4.95. The van der Waals surface area contributed by atoms with Crippen LogP contribution in [-0.2, 0) is 13.6 Å². The molecule has 0 saturated heterocycles. The summed E-state index contributed by atoms with van der Waals surface area (Å²) in [6, 6.07) is 4.46. The Hall–Kier alpha value is -1.88. The molecule has 0 aliphatic heterocycles. The number of likely N-dealkylation sites (N-methyl/N-ethyl adjacent to an activating group) is 1. The van der Waals surface area contributed by atoms with Crippen molar-refractivity contribution in [1.82, 2.24) is 19.7 Å². The van der Waals surface area contributed by atoms with Crippen molar-refractivity contribution in [2.75, 3.05) is 6.54 Å². The van der Waals surface area contributed by atoms with Crippen LogP contribution in [0.4, 0.5) is 0 Å². The summed E-state index contributed by atoms with van der Waals surface area (Å²) in [5.74, 6) is 0. The Labute approximate surface area is 125 Å². The van der Waals surface area contributed by atoms with Gasteiger partial charge < -0.3 is 5.32 Å². The van der Waals surface area contributed by atoms with Crippen LogP contribution in [0.3, 0.4) is 0 Å². The van der Waals surface area contributed by atoms with Crippen molar-refractivity contribution >= 4 is 0 Å². The second-order valence-electron chi connectivity index (χ2n) is 5.63. The molecular formula is C16H24N4O. The number of nitrogens with one attached hydrogen (secondary N) is 1. The lowest BCUT2D eigenvalue weighted by Crippen LogP contribution is -2.32. The third-order valence-corrected chi connectivity index (χ3v) is 3.78. The Morgan fingerprint density at radius 2 is 1.86 bits per heavy atom. The zero-order valence-electron chi connectivity index (χ0n) is 13.5. The maximum absolute atomic E-state index is 12.0. The Kier molecular flexibility index (Phi) is 4.63. The maximum Gasteiger partial charge on any atom is 0.345 e. The zero-order valence-corrected chi connectivity index (χ0v) is 13.5. The molecule has 21 heavy (non-hydrogen) atoms. The first kappa shape index (κ1) is 15.5. The number of benzene rings is 1. The second kappa shape index (κ2) is 6.26. The molecule has 2 aromatic rings. The van der Waals surface area contributed by atoms with Gasteiger partial charge in [-0.2, -0.15) is 5.10 Å². The lowest BCUT2D eigenvalue weighted by Gasteiger charge is -2.22. The van der Waals surface area contributed by atoms with Crippen molar-refractivity contribution in [3.05, 3.63) is 51.2 Å². The molecule has 1 aromatic heterocycles. The normalized spacial score (nSPS) is 12.6. The summed E-state index contributed by atoms with van der Waals surface area (Å²) in [7, 11) is 1.72. The van der Waals surface area contributed by atoms with E-state index in [0.29, 0.717) is 6.54 Å². The van der Waals surface area contributed by atoms with E-state index in [9.17, 15) is 4.79 Å². The van der Waals surface area contributed by atoms with Gasteiger partial charge in [0.25, 0.3) is 0 Å². The van der Waals surface area contributed by atoms with Crippen molar-refractivity contribution in [1.29, 1.82) is 0 Å². The highest BCUT2D eigenvalue weighted by Gasteiger charge is 2.18. The van der Waals surface area contributed by atoms with E-state index in [1.807, 2.05) is 0 Å². The van der Waals surface area contributed by atoms with Crippen molar-refractivity contribution < 1.29 is 0 Å². The number of hydrogen-bond acceptors (Lipinski definition) is 3. The molecule has 1 atom stereocenters. The highest BCUT2D eigenvalue weighted by Crippen LogP contribution is 2.24. The van der Waals surface area contributed by atoms with E-state index < -0.39 is 0 Å². The molecule has 0 fully saturated rings. The minimum absolute atomic E-state index is 0.0830. The third-order valence-electron chi connectivity index (χ3n) is 3.78. The molecular weight excluding hydrogens is 264 g/mol. The van der Waals surface area contributed by atoms with Crippen LogP contribution in [0.2, 0.25) is 0 Å². The molecule has 114 valence electrons. The summed E-state index contributed by atoms with van der Waals surface area (Å²) in [6.07, 6.45) is 1.56. The minimum atomic E-state index is -0.0830. The van der Waals surface area contributed by atoms with Gasteiger partial charge in [-0.1, -0.05) is 24.6 Å². The Morgan fingerprint density at radius 1 is 1.24 bits per heavy atom. The molecule has 0 spiro atoms. The molecule has 0 amide bonds. The number of nitrogens with zero attached hydrogens (tertiary/aromatic N) is 3. The molecule has 5 heteroatoms. The average Bonchev–Trinajstić information content (AvgIpc) is 2.69. The Bertz CT molecular complexity index is 661. The van der Waals surface area contributed by atoms with Gasteiger partial charge in [-0.15, -0.1) is 0 Å². The van der Waals surface area contributed by atoms with E-state index in [0.717, 1.165) is 6.54 Å². The van der Waals surface area contributed by atoms with E-state index >= 15 is 0 Å². The number of aromatic nitrogens is 3. The SMILES string of the molecule is CCNC(Cn1ncn(C)c1=O)c1c(C)cc(C)cc1C. The van der Waals surface area contributed by atoms with Crippen LogP contribution in [0, 0.1) is 20.8 Å². The molecule has 0 bridgehead atoms. The topological polar surface area (TPSA) is 51.9 Å². The van der Waals surface area contributed by atoms with E-state index in [-0.39, 0.29) is 11.7 Å². The minimum Gasteiger partial charge on any atom is -0.309 e. The zero-order chi connectivity index (χ0) is 15.6. The van der Waals surface area contributed by atoms with Crippen LogP contribution in [-0.4, -0.2) is 20.9 Å². The van der Waals surface area contributed by atoms with E-state index in [1.165, 1.54) is 31.5 Å². The molecule has 1 heterocycles. The van der Waals surface area contributed by atoms with Crippen LogP contribution in [0.25, 0.3) is 0 Å². The maximum atomic E-state index is 12.0. The number of aryl methyl sites for hydroxylation is 4. The highest BCUT2D eigenvalue weighted by atomic mass is 16.2. The Balaban J connectivity index is 2.40. The van der Waals surface area contributed by atoms with Gasteiger partial charge in [0.15, 0.2) is 0 Å². The van der Waals surface area contributed by atoms with Gasteiger partial charge in [0, 0.05) is 7.05 Å². The standard InChI is InChI=1S/C16H24N4O/c1-6-17-14(9-20-16(21)19(5)10-18-20)15-12(3)7-11(2)8-13(15)4/h7-8,10,14,17H,6,9H2,1-5H3. The second-order valence-corrected chi connectivity index (χ2v) is 5.63. The van der Waals surface area contributed by atoms with Gasteiger partial charge in [0.2, 0.25) is 0 Å². The fraction of sp³-hybridized carbons (Fsp3) is 0.500.